The lowest BCUT2D eigenvalue weighted by molar-refractivity contribution is 0.335. The first kappa shape index (κ1) is 15.0. The Balaban J connectivity index is 2.21. The van der Waals surface area contributed by atoms with Gasteiger partial charge in [0.2, 0.25) is 0 Å². The Morgan fingerprint density at radius 3 is 3.10 bits per heavy atom. The minimum absolute atomic E-state index is 0.133. The van der Waals surface area contributed by atoms with Crippen molar-refractivity contribution in [3.63, 3.8) is 0 Å². The van der Waals surface area contributed by atoms with Gasteiger partial charge in [0.25, 0.3) is 0 Å². The van der Waals surface area contributed by atoms with Crippen molar-refractivity contribution in [3.8, 4) is 5.75 Å². The second-order valence-electron chi connectivity index (χ2n) is 4.24. The second-order valence-corrected chi connectivity index (χ2v) is 4.68. The Hall–Kier alpha value is -2.41. The van der Waals surface area contributed by atoms with Crippen LogP contribution in [-0.2, 0) is 6.54 Å². The van der Waals surface area contributed by atoms with Crippen LogP contribution < -0.4 is 15.9 Å². The van der Waals surface area contributed by atoms with Gasteiger partial charge in [0.1, 0.15) is 5.75 Å². The number of rotatable bonds is 6. The highest BCUT2D eigenvalue weighted by molar-refractivity contribution is 7.80. The van der Waals surface area contributed by atoms with E-state index in [2.05, 4.69) is 15.6 Å². The number of benzene rings is 1. The molecule has 0 fully saturated rings. The summed E-state index contributed by atoms with van der Waals surface area (Å²) in [5, 5.41) is 8.29. The van der Waals surface area contributed by atoms with Crippen LogP contribution in [0.4, 0.5) is 0 Å². The Bertz CT molecular complexity index is 624. The maximum atomic E-state index is 5.64. The molecule has 1 heterocycles. The van der Waals surface area contributed by atoms with Crippen molar-refractivity contribution in [2.24, 2.45) is 10.8 Å². The Morgan fingerprint density at radius 2 is 2.43 bits per heavy atom. The summed E-state index contributed by atoms with van der Waals surface area (Å²) in [5.74, 6) is 0.840. The standard InChI is InChI=1S/C14H17N5OS/c1-2-20-13-5-4-11(9-16-18-14(15)21)8-12(13)10-19-7-3-6-17-19/h3-9H,2,10H2,1H3,(H3,15,18,21). The molecule has 1 aromatic heterocycles. The van der Waals surface area contributed by atoms with Crippen LogP contribution in [0.25, 0.3) is 0 Å². The lowest BCUT2D eigenvalue weighted by atomic mass is 10.1. The van der Waals surface area contributed by atoms with Crippen LogP contribution in [0.2, 0.25) is 0 Å². The quantitative estimate of drug-likeness (QED) is 0.480. The number of aromatic nitrogens is 2. The number of nitrogens with one attached hydrogen (secondary N) is 1. The van der Waals surface area contributed by atoms with Crippen LogP contribution in [0.1, 0.15) is 18.1 Å². The molecule has 3 N–H and O–H groups in total. The number of hydrogen-bond donors (Lipinski definition) is 2. The van der Waals surface area contributed by atoms with E-state index < -0.39 is 0 Å². The van der Waals surface area contributed by atoms with Gasteiger partial charge < -0.3 is 10.5 Å². The summed E-state index contributed by atoms with van der Waals surface area (Å²) < 4.78 is 7.48. The van der Waals surface area contributed by atoms with E-state index in [4.69, 9.17) is 22.7 Å². The molecule has 0 atom stereocenters. The zero-order valence-electron chi connectivity index (χ0n) is 11.7. The fourth-order valence-corrected chi connectivity index (χ4v) is 1.89. The van der Waals surface area contributed by atoms with E-state index in [1.54, 1.807) is 12.4 Å². The van der Waals surface area contributed by atoms with Gasteiger partial charge in [0, 0.05) is 18.0 Å². The summed E-state index contributed by atoms with van der Waals surface area (Å²) in [5.41, 5.74) is 9.79. The van der Waals surface area contributed by atoms with Crippen LogP contribution >= 0.6 is 12.2 Å². The topological polar surface area (TPSA) is 77.5 Å². The van der Waals surface area contributed by atoms with Gasteiger partial charge in [-0.25, -0.2) is 0 Å². The Labute approximate surface area is 128 Å². The minimum atomic E-state index is 0.133. The molecule has 1 aromatic carbocycles. The van der Waals surface area contributed by atoms with Gasteiger partial charge in [-0.1, -0.05) is 0 Å². The summed E-state index contributed by atoms with van der Waals surface area (Å²) in [6.07, 6.45) is 5.31. The SMILES string of the molecule is CCOc1ccc(C=NNC(N)=S)cc1Cn1cccn1. The monoisotopic (exact) mass is 303 g/mol. The first-order valence-corrected chi connectivity index (χ1v) is 6.91. The summed E-state index contributed by atoms with van der Waals surface area (Å²) in [6, 6.07) is 7.72. The molecule has 0 radical (unpaired) electrons. The zero-order valence-corrected chi connectivity index (χ0v) is 12.5. The lowest BCUT2D eigenvalue weighted by Gasteiger charge is -2.11. The van der Waals surface area contributed by atoms with E-state index in [1.807, 2.05) is 42.1 Å². The maximum Gasteiger partial charge on any atom is 0.184 e. The number of hydrogen-bond acceptors (Lipinski definition) is 4. The highest BCUT2D eigenvalue weighted by Crippen LogP contribution is 2.20. The molecule has 0 spiro atoms. The molecule has 110 valence electrons. The van der Waals surface area contributed by atoms with E-state index in [9.17, 15) is 0 Å². The van der Waals surface area contributed by atoms with Crippen molar-refractivity contribution in [1.29, 1.82) is 0 Å². The number of nitrogens with two attached hydrogens (primary N) is 1. The number of ether oxygens (including phenoxy) is 1. The fourth-order valence-electron chi connectivity index (χ4n) is 1.84. The molecule has 0 aliphatic rings. The molecule has 7 heteroatoms. The normalized spacial score (nSPS) is 10.7. The average Bonchev–Trinajstić information content (AvgIpc) is 2.94. The van der Waals surface area contributed by atoms with E-state index in [1.165, 1.54) is 0 Å². The molecule has 0 saturated heterocycles. The highest BCUT2D eigenvalue weighted by Gasteiger charge is 2.05. The molecule has 21 heavy (non-hydrogen) atoms. The van der Waals surface area contributed by atoms with Gasteiger partial charge in [0.15, 0.2) is 5.11 Å². The first-order valence-electron chi connectivity index (χ1n) is 6.50. The second kappa shape index (κ2) is 7.39. The van der Waals surface area contributed by atoms with Crippen molar-refractivity contribution in [3.05, 3.63) is 47.8 Å². The Kier molecular flexibility index (Phi) is 5.28. The summed E-state index contributed by atoms with van der Waals surface area (Å²) in [7, 11) is 0. The molecule has 0 aliphatic heterocycles. The van der Waals surface area contributed by atoms with Crippen LogP contribution in [0.15, 0.2) is 41.8 Å². The summed E-state index contributed by atoms with van der Waals surface area (Å²) >= 11 is 4.69. The summed E-state index contributed by atoms with van der Waals surface area (Å²) in [6.45, 7) is 3.20. The third-order valence-electron chi connectivity index (χ3n) is 2.66. The van der Waals surface area contributed by atoms with Gasteiger partial charge >= 0.3 is 0 Å². The van der Waals surface area contributed by atoms with E-state index in [-0.39, 0.29) is 5.11 Å². The molecule has 0 saturated carbocycles. The number of thiocarbonyl (C=S) groups is 1. The maximum absolute atomic E-state index is 5.64. The molecule has 0 aliphatic carbocycles. The molecule has 0 bridgehead atoms. The van der Waals surface area contributed by atoms with Gasteiger partial charge in [-0.2, -0.15) is 10.2 Å². The van der Waals surface area contributed by atoms with Crippen molar-refractivity contribution in [1.82, 2.24) is 15.2 Å². The molecule has 2 aromatic rings. The highest BCUT2D eigenvalue weighted by atomic mass is 32.1. The Morgan fingerprint density at radius 1 is 1.57 bits per heavy atom. The molecular weight excluding hydrogens is 286 g/mol. The van der Waals surface area contributed by atoms with Crippen LogP contribution in [0, 0.1) is 0 Å². The van der Waals surface area contributed by atoms with Crippen molar-refractivity contribution in [2.45, 2.75) is 13.5 Å². The van der Waals surface area contributed by atoms with E-state index in [0.717, 1.165) is 16.9 Å². The molecular formula is C14H17N5OS. The minimum Gasteiger partial charge on any atom is -0.494 e. The number of hydrazone groups is 1. The smallest absolute Gasteiger partial charge is 0.184 e. The number of nitrogens with zero attached hydrogens (tertiary/aromatic N) is 3. The predicted octanol–water partition coefficient (Wildman–Crippen LogP) is 1.50. The lowest BCUT2D eigenvalue weighted by Crippen LogP contribution is -2.24. The molecule has 0 unspecified atom stereocenters. The molecule has 0 amide bonds. The van der Waals surface area contributed by atoms with E-state index >= 15 is 0 Å². The third kappa shape index (κ3) is 4.57. The van der Waals surface area contributed by atoms with Crippen LogP contribution in [0.5, 0.6) is 5.75 Å². The van der Waals surface area contributed by atoms with Crippen LogP contribution in [0.3, 0.4) is 0 Å². The fraction of sp³-hybridized carbons (Fsp3) is 0.214. The van der Waals surface area contributed by atoms with Gasteiger partial charge in [-0.15, -0.1) is 0 Å². The molecule has 6 nitrogen and oxygen atoms in total. The van der Waals surface area contributed by atoms with Gasteiger partial charge in [-0.05, 0) is 49.0 Å². The van der Waals surface area contributed by atoms with Gasteiger partial charge in [-0.3, -0.25) is 10.1 Å². The van der Waals surface area contributed by atoms with Crippen molar-refractivity contribution in [2.75, 3.05) is 6.61 Å². The van der Waals surface area contributed by atoms with E-state index in [0.29, 0.717) is 13.2 Å². The van der Waals surface area contributed by atoms with Crippen LogP contribution in [-0.4, -0.2) is 27.7 Å². The third-order valence-corrected chi connectivity index (χ3v) is 2.76. The predicted molar refractivity (Wildman–Crippen MR) is 86.5 cm³/mol. The first-order chi connectivity index (χ1) is 10.2. The van der Waals surface area contributed by atoms with Crippen molar-refractivity contribution >= 4 is 23.5 Å². The average molecular weight is 303 g/mol. The largest absolute Gasteiger partial charge is 0.494 e. The summed E-state index contributed by atoms with van der Waals surface area (Å²) in [4.78, 5) is 0. The zero-order chi connectivity index (χ0) is 15.1. The molecule has 2 rings (SSSR count). The van der Waals surface area contributed by atoms with Crippen molar-refractivity contribution < 1.29 is 4.74 Å². The van der Waals surface area contributed by atoms with Gasteiger partial charge in [0.05, 0.1) is 19.4 Å².